The van der Waals surface area contributed by atoms with Crippen LogP contribution in [0.2, 0.25) is 0 Å². The van der Waals surface area contributed by atoms with E-state index in [1.165, 1.54) is 0 Å². The predicted molar refractivity (Wildman–Crippen MR) is 267 cm³/mol. The molecular weight excluding hydrogens is 901 g/mol. The highest BCUT2D eigenvalue weighted by Crippen LogP contribution is 2.37. The van der Waals surface area contributed by atoms with Gasteiger partial charge >= 0.3 is 11.9 Å². The van der Waals surface area contributed by atoms with E-state index in [0.29, 0.717) is 44.8 Å². The van der Waals surface area contributed by atoms with E-state index in [2.05, 4.69) is 47.1 Å². The molecule has 2 saturated heterocycles. The van der Waals surface area contributed by atoms with Gasteiger partial charge in [-0.2, -0.15) is 10.5 Å². The summed E-state index contributed by atoms with van der Waals surface area (Å²) in [6, 6.07) is 34.6. The number of methoxy groups -OCH3 is 1. The minimum absolute atomic E-state index is 0.0947. The molecule has 0 unspecified atom stereocenters. The first-order valence-electron chi connectivity index (χ1n) is 23.5. The fraction of sp³-hybridized carbons (Fsp3) is 0.283. The fourth-order valence-corrected chi connectivity index (χ4v) is 8.88. The third-order valence-corrected chi connectivity index (χ3v) is 12.6. The van der Waals surface area contributed by atoms with E-state index < -0.39 is 11.9 Å². The molecule has 2 aliphatic heterocycles. The van der Waals surface area contributed by atoms with Crippen LogP contribution in [0.4, 0.5) is 11.6 Å². The number of nitrogens with zero attached hydrogens (tertiary/aromatic N) is 11. The number of esters is 2. The number of hydrogen-bond donors (Lipinski definition) is 1. The number of piperidine rings is 2. The summed E-state index contributed by atoms with van der Waals surface area (Å²) in [5.41, 5.74) is 5.08. The van der Waals surface area contributed by atoms with Gasteiger partial charge in [0.1, 0.15) is 11.6 Å². The van der Waals surface area contributed by atoms with Crippen molar-refractivity contribution in [3.63, 3.8) is 0 Å². The minimum atomic E-state index is -0.561. The van der Waals surface area contributed by atoms with E-state index in [9.17, 15) is 14.4 Å². The standard InChI is InChI=1S/C27H26N6O3.C26H24N6O3/c1-3-36-27(34)22-15-21(19-9-10-23(29-17-19)32-13-11-18(16-28)12-14-32)24-25(30-22)33(31-26(24)35-2)20-7-5-4-6-8-20;1-2-35-26(34)21-14-20(18-8-9-22(28-16-18)31-12-10-17(15-27)11-13-31)23-24(29-21)32(30-25(23)33)19-6-4-3-5-7-19/h4-10,15,17-18H,3,11-14H2,1-2H3;3-9,14,16-17H,2,10-13H2,1H3,(H,30,33). The highest BCUT2D eigenvalue weighted by molar-refractivity contribution is 6.02. The zero-order valence-electron chi connectivity index (χ0n) is 39.5. The van der Waals surface area contributed by atoms with Crippen LogP contribution < -0.4 is 20.1 Å². The van der Waals surface area contributed by atoms with Gasteiger partial charge in [0.25, 0.3) is 5.56 Å². The molecule has 18 heteroatoms. The monoisotopic (exact) mass is 950 g/mol. The molecule has 0 radical (unpaired) electrons. The third kappa shape index (κ3) is 9.86. The van der Waals surface area contributed by atoms with E-state index in [-0.39, 0.29) is 42.0 Å². The lowest BCUT2D eigenvalue weighted by atomic mass is 9.98. The van der Waals surface area contributed by atoms with Gasteiger partial charge in [-0.25, -0.2) is 38.9 Å². The van der Waals surface area contributed by atoms with E-state index >= 15 is 0 Å². The molecule has 0 atom stereocenters. The number of fused-ring (bicyclic) bond motifs is 2. The quantitative estimate of drug-likeness (QED) is 0.121. The number of anilines is 2. The second-order valence-corrected chi connectivity index (χ2v) is 16.9. The summed E-state index contributed by atoms with van der Waals surface area (Å²) in [6.45, 7) is 7.10. The predicted octanol–water partition coefficient (Wildman–Crippen LogP) is 8.10. The Morgan fingerprint density at radius 1 is 0.662 bits per heavy atom. The number of ether oxygens (including phenoxy) is 3. The summed E-state index contributed by atoms with van der Waals surface area (Å²) < 4.78 is 19.3. The Labute approximate surface area is 408 Å². The van der Waals surface area contributed by atoms with Crippen molar-refractivity contribution in [3.05, 3.63) is 131 Å². The molecule has 2 aliphatic rings. The maximum absolute atomic E-state index is 13.1. The first-order chi connectivity index (χ1) is 34.7. The van der Waals surface area contributed by atoms with Crippen LogP contribution in [0.15, 0.2) is 114 Å². The first kappa shape index (κ1) is 47.2. The summed E-state index contributed by atoms with van der Waals surface area (Å²) in [5.74, 6) is 1.21. The lowest BCUT2D eigenvalue weighted by Crippen LogP contribution is -2.33. The van der Waals surface area contributed by atoms with Gasteiger partial charge in [0.05, 0.1) is 54.6 Å². The highest BCUT2D eigenvalue weighted by atomic mass is 16.5. The molecule has 18 nitrogen and oxygen atoms in total. The molecule has 6 aromatic heterocycles. The minimum Gasteiger partial charge on any atom is -0.479 e. The number of carbonyl (C=O) groups is 2. The maximum atomic E-state index is 13.1. The van der Waals surface area contributed by atoms with Crippen molar-refractivity contribution in [2.45, 2.75) is 39.5 Å². The Morgan fingerprint density at radius 2 is 1.14 bits per heavy atom. The van der Waals surface area contributed by atoms with Gasteiger partial charge in [-0.05, 0) is 100 Å². The van der Waals surface area contributed by atoms with Crippen molar-refractivity contribution in [1.82, 2.24) is 39.5 Å². The van der Waals surface area contributed by atoms with Crippen LogP contribution in [-0.2, 0) is 9.47 Å². The van der Waals surface area contributed by atoms with E-state index in [1.807, 2.05) is 84.9 Å². The molecule has 0 spiro atoms. The lowest BCUT2D eigenvalue weighted by molar-refractivity contribution is 0.0510. The third-order valence-electron chi connectivity index (χ3n) is 12.6. The molecule has 8 aromatic rings. The molecule has 0 amide bonds. The van der Waals surface area contributed by atoms with Crippen LogP contribution in [0.25, 0.3) is 55.7 Å². The van der Waals surface area contributed by atoms with Gasteiger partial charge in [0, 0.05) is 72.7 Å². The van der Waals surface area contributed by atoms with Crippen LogP contribution in [0.3, 0.4) is 0 Å². The fourth-order valence-electron chi connectivity index (χ4n) is 8.88. The Kier molecular flexibility index (Phi) is 14.1. The smallest absolute Gasteiger partial charge is 0.357 e. The zero-order chi connectivity index (χ0) is 49.4. The number of nitrogens with one attached hydrogen (secondary N) is 1. The van der Waals surface area contributed by atoms with E-state index in [0.717, 1.165) is 80.3 Å². The highest BCUT2D eigenvalue weighted by Gasteiger charge is 2.26. The summed E-state index contributed by atoms with van der Waals surface area (Å²) in [5, 5.41) is 26.8. The molecule has 2 fully saturated rings. The summed E-state index contributed by atoms with van der Waals surface area (Å²) in [7, 11) is 1.56. The summed E-state index contributed by atoms with van der Waals surface area (Å²) in [4.78, 5) is 61.2. The number of aromatic amines is 1. The molecule has 1 N–H and O–H groups in total. The zero-order valence-corrected chi connectivity index (χ0v) is 39.5. The Morgan fingerprint density at radius 3 is 1.59 bits per heavy atom. The normalized spacial score (nSPS) is 14.0. The molecule has 0 bridgehead atoms. The largest absolute Gasteiger partial charge is 0.479 e. The number of para-hydroxylation sites is 2. The molecular formula is C53H50N12O6. The number of carbonyl (C=O) groups excluding carboxylic acids is 2. The van der Waals surface area contributed by atoms with Gasteiger partial charge < -0.3 is 24.0 Å². The average molecular weight is 951 g/mol. The Balaban J connectivity index is 0.000000176. The molecule has 0 saturated carbocycles. The van der Waals surface area contributed by atoms with Crippen molar-refractivity contribution in [2.24, 2.45) is 11.8 Å². The lowest BCUT2D eigenvalue weighted by Gasteiger charge is -2.30. The van der Waals surface area contributed by atoms with Crippen molar-refractivity contribution in [1.29, 1.82) is 10.5 Å². The second kappa shape index (κ2) is 21.2. The number of aromatic nitrogens is 8. The van der Waals surface area contributed by atoms with Gasteiger partial charge in [-0.3, -0.25) is 9.89 Å². The molecule has 0 aliphatic carbocycles. The second-order valence-electron chi connectivity index (χ2n) is 16.9. The van der Waals surface area contributed by atoms with Crippen molar-refractivity contribution in [2.75, 3.05) is 56.3 Å². The average Bonchev–Trinajstić information content (AvgIpc) is 3.98. The van der Waals surface area contributed by atoms with E-state index in [1.54, 1.807) is 54.8 Å². The van der Waals surface area contributed by atoms with Crippen LogP contribution in [-0.4, -0.2) is 97.9 Å². The van der Waals surface area contributed by atoms with Crippen molar-refractivity contribution < 1.29 is 23.8 Å². The van der Waals surface area contributed by atoms with Gasteiger partial charge in [0.2, 0.25) is 5.88 Å². The van der Waals surface area contributed by atoms with Gasteiger partial charge in [0.15, 0.2) is 22.7 Å². The maximum Gasteiger partial charge on any atom is 0.357 e. The number of benzene rings is 2. The van der Waals surface area contributed by atoms with E-state index in [4.69, 9.17) is 29.7 Å². The van der Waals surface area contributed by atoms with Gasteiger partial charge in [-0.1, -0.05) is 36.4 Å². The first-order valence-corrected chi connectivity index (χ1v) is 23.5. The Bertz CT molecular complexity index is 3330. The van der Waals surface area contributed by atoms with Crippen LogP contribution in [0.1, 0.15) is 60.5 Å². The molecule has 2 aromatic carbocycles. The Hall–Kier alpha value is -8.90. The van der Waals surface area contributed by atoms with Crippen LogP contribution in [0, 0.1) is 34.5 Å². The van der Waals surface area contributed by atoms with Crippen LogP contribution >= 0.6 is 0 Å². The SMILES string of the molecule is CCOC(=O)c1cc(-c2ccc(N3CCC(C#N)CC3)nc2)c2c(=O)[nH]n(-c3ccccc3)c2n1.CCOC(=O)c1cc(-c2ccc(N3CCC(C#N)CC3)nc2)c2c(OC)nn(-c3ccccc3)c2n1. The molecule has 358 valence electrons. The molecule has 10 rings (SSSR count). The summed E-state index contributed by atoms with van der Waals surface area (Å²) >= 11 is 0. The van der Waals surface area contributed by atoms with Crippen molar-refractivity contribution in [3.8, 4) is 51.6 Å². The number of nitriles is 2. The van der Waals surface area contributed by atoms with Crippen molar-refractivity contribution >= 4 is 45.6 Å². The number of rotatable bonds is 11. The molecule has 8 heterocycles. The number of pyridine rings is 4. The molecule has 71 heavy (non-hydrogen) atoms. The number of hydrogen-bond acceptors (Lipinski definition) is 15. The van der Waals surface area contributed by atoms with Crippen LogP contribution in [0.5, 0.6) is 5.88 Å². The number of H-pyrrole nitrogens is 1. The topological polar surface area (TPSA) is 223 Å². The van der Waals surface area contributed by atoms with Gasteiger partial charge in [-0.15, -0.1) is 5.10 Å². The summed E-state index contributed by atoms with van der Waals surface area (Å²) in [6.07, 6.45) is 6.79.